The average molecular weight is 284 g/mol. The summed E-state index contributed by atoms with van der Waals surface area (Å²) in [6.45, 7) is 7.05. The molecule has 19 heavy (non-hydrogen) atoms. The Morgan fingerprint density at radius 3 is 2.74 bits per heavy atom. The summed E-state index contributed by atoms with van der Waals surface area (Å²) < 4.78 is 1.71. The van der Waals surface area contributed by atoms with Crippen LogP contribution in [0.3, 0.4) is 0 Å². The van der Waals surface area contributed by atoms with Gasteiger partial charge in [-0.15, -0.1) is 0 Å². The fraction of sp³-hybridized carbons (Fsp3) is 0.714. The first-order valence-corrected chi connectivity index (χ1v) is 8.04. The summed E-state index contributed by atoms with van der Waals surface area (Å²) in [6, 6.07) is 1.20. The summed E-state index contributed by atoms with van der Waals surface area (Å²) in [5, 5.41) is 10.1. The lowest BCUT2D eigenvalue weighted by molar-refractivity contribution is 0.359. The minimum Gasteiger partial charge on any atom is -0.493 e. The van der Waals surface area contributed by atoms with Gasteiger partial charge in [0.2, 0.25) is 5.88 Å². The van der Waals surface area contributed by atoms with Crippen LogP contribution in [0.15, 0.2) is 16.0 Å². The van der Waals surface area contributed by atoms with Crippen molar-refractivity contribution in [3.05, 3.63) is 16.4 Å². The van der Waals surface area contributed by atoms with E-state index in [1.54, 1.807) is 4.57 Å². The van der Waals surface area contributed by atoms with Gasteiger partial charge in [0.05, 0.1) is 6.07 Å². The van der Waals surface area contributed by atoms with Gasteiger partial charge in [-0.1, -0.05) is 51.8 Å². The van der Waals surface area contributed by atoms with Crippen LogP contribution in [0.4, 0.5) is 0 Å². The minimum absolute atomic E-state index is 0.154. The molecular formula is C14H24N2O2S. The van der Waals surface area contributed by atoms with Crippen LogP contribution < -0.4 is 5.56 Å². The zero-order valence-corrected chi connectivity index (χ0v) is 12.9. The maximum Gasteiger partial charge on any atom is 0.257 e. The molecule has 108 valence electrons. The molecule has 4 nitrogen and oxygen atoms in total. The Kier molecular flexibility index (Phi) is 6.99. The van der Waals surface area contributed by atoms with Crippen molar-refractivity contribution < 1.29 is 5.11 Å². The summed E-state index contributed by atoms with van der Waals surface area (Å²) in [5.74, 6) is 1.15. The Morgan fingerprint density at radius 2 is 2.16 bits per heavy atom. The molecule has 1 rings (SSSR count). The average Bonchev–Trinajstić information content (AvgIpc) is 2.37. The lowest BCUT2D eigenvalue weighted by Gasteiger charge is -2.18. The van der Waals surface area contributed by atoms with Gasteiger partial charge < -0.3 is 5.11 Å². The van der Waals surface area contributed by atoms with Crippen LogP contribution in [0.25, 0.3) is 0 Å². The van der Waals surface area contributed by atoms with E-state index in [9.17, 15) is 9.90 Å². The maximum atomic E-state index is 12.0. The quantitative estimate of drug-likeness (QED) is 0.588. The molecular weight excluding hydrogens is 260 g/mol. The van der Waals surface area contributed by atoms with Gasteiger partial charge in [0.1, 0.15) is 0 Å². The second-order valence-electron chi connectivity index (χ2n) is 4.70. The van der Waals surface area contributed by atoms with Crippen LogP contribution in [0.2, 0.25) is 0 Å². The lowest BCUT2D eigenvalue weighted by atomic mass is 9.99. The summed E-state index contributed by atoms with van der Waals surface area (Å²) in [4.78, 5) is 16.1. The molecule has 0 bridgehead atoms. The van der Waals surface area contributed by atoms with Crippen molar-refractivity contribution in [2.45, 2.75) is 58.2 Å². The highest BCUT2D eigenvalue weighted by molar-refractivity contribution is 7.99. The maximum absolute atomic E-state index is 12.0. The molecule has 0 aliphatic carbocycles. The number of hydrogen-bond donors (Lipinski definition) is 1. The molecule has 1 aromatic heterocycles. The normalized spacial score (nSPS) is 12.6. The second-order valence-corrected chi connectivity index (χ2v) is 5.93. The number of unbranched alkanes of at least 4 members (excludes halogenated alkanes) is 1. The Morgan fingerprint density at radius 1 is 1.42 bits per heavy atom. The third kappa shape index (κ3) is 4.90. The predicted molar refractivity (Wildman–Crippen MR) is 79.9 cm³/mol. The number of aromatic nitrogens is 2. The van der Waals surface area contributed by atoms with E-state index >= 15 is 0 Å². The molecule has 1 heterocycles. The van der Waals surface area contributed by atoms with Gasteiger partial charge in [-0.2, -0.15) is 4.98 Å². The molecule has 1 aromatic rings. The number of thioether (sulfide) groups is 1. The standard InChI is InChI=1S/C14H24N2O2S/c1-4-7-8-11(5-2)10-16-13(18)9-12(17)15-14(16)19-6-3/h9,11,17H,4-8,10H2,1-3H3. The van der Waals surface area contributed by atoms with E-state index in [-0.39, 0.29) is 11.4 Å². The lowest BCUT2D eigenvalue weighted by Crippen LogP contribution is -2.25. The van der Waals surface area contributed by atoms with Crippen molar-refractivity contribution in [1.29, 1.82) is 0 Å². The first-order valence-electron chi connectivity index (χ1n) is 7.05. The molecule has 0 saturated heterocycles. The Labute approximate surface area is 119 Å². The number of nitrogens with zero attached hydrogens (tertiary/aromatic N) is 2. The van der Waals surface area contributed by atoms with Crippen molar-refractivity contribution in [3.63, 3.8) is 0 Å². The van der Waals surface area contributed by atoms with E-state index in [4.69, 9.17) is 0 Å². The largest absolute Gasteiger partial charge is 0.493 e. The van der Waals surface area contributed by atoms with Crippen LogP contribution in [0.5, 0.6) is 5.88 Å². The second kappa shape index (κ2) is 8.25. The van der Waals surface area contributed by atoms with Gasteiger partial charge in [-0.05, 0) is 18.1 Å². The number of aromatic hydroxyl groups is 1. The first-order chi connectivity index (χ1) is 9.12. The van der Waals surface area contributed by atoms with Crippen LogP contribution in [0, 0.1) is 5.92 Å². The van der Waals surface area contributed by atoms with Crippen LogP contribution >= 0.6 is 11.8 Å². The van der Waals surface area contributed by atoms with Crippen LogP contribution in [0.1, 0.15) is 46.5 Å². The van der Waals surface area contributed by atoms with E-state index < -0.39 is 0 Å². The smallest absolute Gasteiger partial charge is 0.257 e. The van der Waals surface area contributed by atoms with Crippen molar-refractivity contribution in [2.24, 2.45) is 5.92 Å². The monoisotopic (exact) mass is 284 g/mol. The highest BCUT2D eigenvalue weighted by Crippen LogP contribution is 2.20. The number of rotatable bonds is 8. The first kappa shape index (κ1) is 16.1. The van der Waals surface area contributed by atoms with Crippen molar-refractivity contribution in [3.8, 4) is 5.88 Å². The Hall–Kier alpha value is -0.970. The van der Waals surface area contributed by atoms with Crippen molar-refractivity contribution in [1.82, 2.24) is 9.55 Å². The summed E-state index contributed by atoms with van der Waals surface area (Å²) in [7, 11) is 0. The molecule has 0 spiro atoms. The number of hydrogen-bond acceptors (Lipinski definition) is 4. The molecule has 5 heteroatoms. The van der Waals surface area contributed by atoms with Crippen molar-refractivity contribution >= 4 is 11.8 Å². The van der Waals surface area contributed by atoms with E-state index in [1.165, 1.54) is 30.7 Å². The molecule has 1 atom stereocenters. The van der Waals surface area contributed by atoms with Gasteiger partial charge >= 0.3 is 0 Å². The van der Waals surface area contributed by atoms with Gasteiger partial charge in [-0.25, -0.2) is 0 Å². The van der Waals surface area contributed by atoms with Gasteiger partial charge in [0.25, 0.3) is 5.56 Å². The summed E-state index contributed by atoms with van der Waals surface area (Å²) in [5.41, 5.74) is -0.154. The van der Waals surface area contributed by atoms with Crippen molar-refractivity contribution in [2.75, 3.05) is 5.75 Å². The van der Waals surface area contributed by atoms with Gasteiger partial charge in [-0.3, -0.25) is 9.36 Å². The fourth-order valence-electron chi connectivity index (χ4n) is 2.06. The molecule has 0 radical (unpaired) electrons. The Balaban J connectivity index is 2.94. The van der Waals surface area contributed by atoms with Crippen LogP contribution in [-0.4, -0.2) is 20.4 Å². The van der Waals surface area contributed by atoms with Crippen LogP contribution in [-0.2, 0) is 6.54 Å². The molecule has 1 unspecified atom stereocenters. The zero-order valence-electron chi connectivity index (χ0n) is 12.1. The summed E-state index contributed by atoms with van der Waals surface area (Å²) >= 11 is 1.50. The molecule has 0 saturated carbocycles. The topological polar surface area (TPSA) is 55.1 Å². The fourth-order valence-corrected chi connectivity index (χ4v) is 2.79. The van der Waals surface area contributed by atoms with E-state index in [2.05, 4.69) is 18.8 Å². The molecule has 0 fully saturated rings. The summed E-state index contributed by atoms with van der Waals surface area (Å²) in [6.07, 6.45) is 4.56. The zero-order chi connectivity index (χ0) is 14.3. The molecule has 0 aromatic carbocycles. The Bertz CT molecular complexity index is 446. The van der Waals surface area contributed by atoms with Gasteiger partial charge in [0.15, 0.2) is 5.16 Å². The highest BCUT2D eigenvalue weighted by atomic mass is 32.2. The molecule has 0 aliphatic rings. The van der Waals surface area contributed by atoms with Gasteiger partial charge in [0, 0.05) is 6.54 Å². The molecule has 0 amide bonds. The molecule has 0 aliphatic heterocycles. The van der Waals surface area contributed by atoms with E-state index in [1.807, 2.05) is 6.92 Å². The third-order valence-electron chi connectivity index (χ3n) is 3.22. The van der Waals surface area contributed by atoms with E-state index in [0.717, 1.165) is 18.6 Å². The third-order valence-corrected chi connectivity index (χ3v) is 4.08. The predicted octanol–water partition coefficient (Wildman–Crippen LogP) is 3.28. The highest BCUT2D eigenvalue weighted by Gasteiger charge is 2.13. The van der Waals surface area contributed by atoms with E-state index in [0.29, 0.717) is 17.6 Å². The minimum atomic E-state index is -0.182. The molecule has 1 N–H and O–H groups in total. The SMILES string of the molecule is CCCCC(CC)Cn1c(SCC)nc(O)cc1=O.